The van der Waals surface area contributed by atoms with Gasteiger partial charge in [0.05, 0.1) is 23.4 Å². The van der Waals surface area contributed by atoms with Gasteiger partial charge in [-0.2, -0.15) is 0 Å². The van der Waals surface area contributed by atoms with Crippen LogP contribution in [0.2, 0.25) is 5.02 Å². The minimum Gasteiger partial charge on any atom is -0.497 e. The minimum atomic E-state index is -0.251. The summed E-state index contributed by atoms with van der Waals surface area (Å²) < 4.78 is 5.20. The lowest BCUT2D eigenvalue weighted by atomic mass is 10.1. The van der Waals surface area contributed by atoms with E-state index < -0.39 is 0 Å². The van der Waals surface area contributed by atoms with Crippen molar-refractivity contribution < 1.29 is 9.53 Å². The van der Waals surface area contributed by atoms with E-state index in [2.05, 4.69) is 9.97 Å². The molecule has 0 spiro atoms. The molecule has 1 heterocycles. The largest absolute Gasteiger partial charge is 0.497 e. The Labute approximate surface area is 143 Å². The maximum absolute atomic E-state index is 12.5. The highest BCUT2D eigenvalue weighted by atomic mass is 35.5. The lowest BCUT2D eigenvalue weighted by Gasteiger charge is -2.08. The Morgan fingerprint density at radius 2 is 2.00 bits per heavy atom. The zero-order valence-electron chi connectivity index (χ0n) is 12.7. The molecule has 3 rings (SSSR count). The number of nitrogens with zero attached hydrogens (tertiary/aromatic N) is 1. The van der Waals surface area contributed by atoms with Gasteiger partial charge in [0.25, 0.3) is 0 Å². The number of nitrogens with one attached hydrogen (secondary N) is 1. The van der Waals surface area contributed by atoms with Gasteiger partial charge >= 0.3 is 0 Å². The van der Waals surface area contributed by atoms with Crippen molar-refractivity contribution >= 4 is 40.2 Å². The fourth-order valence-electron chi connectivity index (χ4n) is 2.22. The Hall–Kier alpha value is -1.98. The molecule has 1 aromatic heterocycles. The van der Waals surface area contributed by atoms with Gasteiger partial charge in [0.15, 0.2) is 10.9 Å². The first-order valence-electron chi connectivity index (χ1n) is 7.07. The molecule has 0 amide bonds. The van der Waals surface area contributed by atoms with Crippen molar-refractivity contribution in [2.75, 3.05) is 7.11 Å². The summed E-state index contributed by atoms with van der Waals surface area (Å²) in [5.74, 6) is 0.813. The Morgan fingerprint density at radius 3 is 2.70 bits per heavy atom. The number of Topliss-reactive ketones (excluding diaryl/α,β-unsaturated/α-hetero) is 1. The monoisotopic (exact) mass is 346 g/mol. The van der Waals surface area contributed by atoms with Gasteiger partial charge in [0, 0.05) is 16.7 Å². The number of rotatable bonds is 5. The van der Waals surface area contributed by atoms with Crippen LogP contribution in [0.25, 0.3) is 11.0 Å². The van der Waals surface area contributed by atoms with Gasteiger partial charge < -0.3 is 9.72 Å². The van der Waals surface area contributed by atoms with Crippen LogP contribution in [0.1, 0.15) is 17.3 Å². The van der Waals surface area contributed by atoms with Gasteiger partial charge in [-0.05, 0) is 43.3 Å². The van der Waals surface area contributed by atoms with Crippen LogP contribution in [-0.2, 0) is 0 Å². The lowest BCUT2D eigenvalue weighted by molar-refractivity contribution is 0.0994. The second-order valence-electron chi connectivity index (χ2n) is 5.06. The van der Waals surface area contributed by atoms with Gasteiger partial charge in [-0.25, -0.2) is 4.98 Å². The number of fused-ring (bicyclic) bond motifs is 1. The average molecular weight is 347 g/mol. The van der Waals surface area contributed by atoms with Crippen molar-refractivity contribution in [3.05, 3.63) is 53.1 Å². The molecule has 0 saturated carbocycles. The van der Waals surface area contributed by atoms with Crippen molar-refractivity contribution in [3.8, 4) is 5.75 Å². The Bertz CT molecular complexity index is 845. The van der Waals surface area contributed by atoms with Crippen molar-refractivity contribution in [2.24, 2.45) is 0 Å². The molecule has 0 radical (unpaired) electrons. The molecule has 1 N–H and O–H groups in total. The van der Waals surface area contributed by atoms with Crippen molar-refractivity contribution in [3.63, 3.8) is 0 Å². The molecule has 118 valence electrons. The second-order valence-corrected chi connectivity index (χ2v) is 6.82. The maximum atomic E-state index is 12.5. The molecule has 0 saturated heterocycles. The summed E-state index contributed by atoms with van der Waals surface area (Å²) in [4.78, 5) is 20.2. The summed E-state index contributed by atoms with van der Waals surface area (Å²) in [6.07, 6.45) is 0. The van der Waals surface area contributed by atoms with Gasteiger partial charge in [-0.3, -0.25) is 4.79 Å². The highest BCUT2D eigenvalue weighted by Gasteiger charge is 2.18. The zero-order chi connectivity index (χ0) is 16.4. The number of thioether (sulfide) groups is 1. The smallest absolute Gasteiger partial charge is 0.175 e. The van der Waals surface area contributed by atoms with E-state index in [0.717, 1.165) is 16.8 Å². The van der Waals surface area contributed by atoms with Crippen LogP contribution in [0, 0.1) is 0 Å². The van der Waals surface area contributed by atoms with E-state index in [-0.39, 0.29) is 11.0 Å². The number of ether oxygens (including phenoxy) is 1. The average Bonchev–Trinajstić information content (AvgIpc) is 2.95. The number of H-pyrrole nitrogens is 1. The summed E-state index contributed by atoms with van der Waals surface area (Å²) in [5, 5.41) is 1.08. The van der Waals surface area contributed by atoms with Crippen LogP contribution in [0.3, 0.4) is 0 Å². The fraction of sp³-hybridized carbons (Fsp3) is 0.176. The van der Waals surface area contributed by atoms with Crippen LogP contribution >= 0.6 is 23.4 Å². The molecule has 1 unspecified atom stereocenters. The topological polar surface area (TPSA) is 55.0 Å². The number of ketones is 1. The number of benzene rings is 2. The van der Waals surface area contributed by atoms with Crippen LogP contribution in [0.15, 0.2) is 47.6 Å². The predicted octanol–water partition coefficient (Wildman–Crippen LogP) is 4.59. The van der Waals surface area contributed by atoms with Crippen LogP contribution in [0.5, 0.6) is 5.75 Å². The summed E-state index contributed by atoms with van der Waals surface area (Å²) in [6.45, 7) is 1.87. The minimum absolute atomic E-state index is 0.0460. The molecule has 6 heteroatoms. The normalized spacial score (nSPS) is 12.3. The molecular formula is C17H15ClN2O2S. The Balaban J connectivity index is 1.77. The van der Waals surface area contributed by atoms with Gasteiger partial charge in [0.2, 0.25) is 0 Å². The van der Waals surface area contributed by atoms with E-state index in [9.17, 15) is 4.79 Å². The third-order valence-corrected chi connectivity index (χ3v) is 4.69. The van der Waals surface area contributed by atoms with Crippen molar-refractivity contribution in [2.45, 2.75) is 17.3 Å². The summed E-state index contributed by atoms with van der Waals surface area (Å²) in [6, 6.07) is 12.6. The zero-order valence-corrected chi connectivity index (χ0v) is 14.2. The molecule has 0 aliphatic rings. The Kier molecular flexibility index (Phi) is 4.59. The highest BCUT2D eigenvalue weighted by Crippen LogP contribution is 2.27. The number of hydrogen-bond donors (Lipinski definition) is 1. The first-order valence-corrected chi connectivity index (χ1v) is 8.33. The predicted molar refractivity (Wildman–Crippen MR) is 93.7 cm³/mol. The molecule has 23 heavy (non-hydrogen) atoms. The van der Waals surface area contributed by atoms with Crippen LogP contribution in [-0.4, -0.2) is 28.1 Å². The molecule has 2 aromatic carbocycles. The van der Waals surface area contributed by atoms with E-state index in [4.69, 9.17) is 16.3 Å². The molecule has 0 aliphatic carbocycles. The molecule has 0 bridgehead atoms. The quantitative estimate of drug-likeness (QED) is 0.542. The number of methoxy groups -OCH3 is 1. The molecule has 4 nitrogen and oxygen atoms in total. The molecule has 3 aromatic rings. The first kappa shape index (κ1) is 15.9. The molecule has 1 atom stereocenters. The van der Waals surface area contributed by atoms with E-state index in [1.54, 1.807) is 31.4 Å². The Morgan fingerprint density at radius 1 is 1.26 bits per heavy atom. The lowest BCUT2D eigenvalue weighted by Crippen LogP contribution is -2.13. The number of hydrogen-bond acceptors (Lipinski definition) is 4. The van der Waals surface area contributed by atoms with E-state index >= 15 is 0 Å². The number of halogens is 1. The molecular weight excluding hydrogens is 332 g/mol. The number of imidazole rings is 1. The number of carbonyl (C=O) groups excluding carboxylic acids is 1. The summed E-state index contributed by atoms with van der Waals surface area (Å²) >= 11 is 7.25. The maximum Gasteiger partial charge on any atom is 0.175 e. The summed E-state index contributed by atoms with van der Waals surface area (Å²) in [7, 11) is 1.63. The van der Waals surface area contributed by atoms with Crippen molar-refractivity contribution in [1.82, 2.24) is 9.97 Å². The van der Waals surface area contributed by atoms with Gasteiger partial charge in [-0.1, -0.05) is 23.4 Å². The SMILES string of the molecule is COc1ccc2nc(SC(C)C(=O)c3ccc(Cl)cc3)[nH]c2c1. The molecule has 0 fully saturated rings. The highest BCUT2D eigenvalue weighted by molar-refractivity contribution is 8.00. The fourth-order valence-corrected chi connectivity index (χ4v) is 3.24. The van der Waals surface area contributed by atoms with Gasteiger partial charge in [-0.15, -0.1) is 0 Å². The van der Waals surface area contributed by atoms with E-state index in [1.165, 1.54) is 11.8 Å². The van der Waals surface area contributed by atoms with Crippen LogP contribution in [0.4, 0.5) is 0 Å². The van der Waals surface area contributed by atoms with E-state index in [1.807, 2.05) is 25.1 Å². The second kappa shape index (κ2) is 6.64. The first-order chi connectivity index (χ1) is 11.1. The standard InChI is InChI=1S/C17H15ClN2O2S/c1-10(16(21)11-3-5-12(18)6-4-11)23-17-19-14-8-7-13(22-2)9-15(14)20-17/h3-10H,1-2H3,(H,19,20). The number of aromatic nitrogens is 2. The van der Waals surface area contributed by atoms with Crippen molar-refractivity contribution in [1.29, 1.82) is 0 Å². The molecule has 0 aliphatic heterocycles. The number of carbonyl (C=O) groups is 1. The van der Waals surface area contributed by atoms with Crippen LogP contribution < -0.4 is 4.74 Å². The van der Waals surface area contributed by atoms with Gasteiger partial charge in [0.1, 0.15) is 5.75 Å². The third kappa shape index (κ3) is 3.51. The third-order valence-electron chi connectivity index (χ3n) is 3.45. The van der Waals surface area contributed by atoms with E-state index in [0.29, 0.717) is 15.7 Å². The number of aromatic amines is 1. The summed E-state index contributed by atoms with van der Waals surface area (Å²) in [5.41, 5.74) is 2.38.